The van der Waals surface area contributed by atoms with Gasteiger partial charge in [0.15, 0.2) is 0 Å². The molecule has 0 N–H and O–H groups in total. The summed E-state index contributed by atoms with van der Waals surface area (Å²) in [5, 5.41) is 1.72. The molecule has 0 aromatic heterocycles. The molecule has 0 fully saturated rings. The van der Waals surface area contributed by atoms with Crippen LogP contribution in [0.4, 0.5) is 23.2 Å². The number of benzene rings is 3. The topological polar surface area (TPSA) is 12.4 Å². The van der Waals surface area contributed by atoms with Gasteiger partial charge in [-0.15, -0.1) is 0 Å². The Morgan fingerprint density at radius 2 is 1.62 bits per heavy atom. The molecule has 29 heavy (non-hydrogen) atoms. The van der Waals surface area contributed by atoms with Crippen molar-refractivity contribution in [3.05, 3.63) is 107 Å². The fourth-order valence-corrected chi connectivity index (χ4v) is 3.15. The zero-order valence-electron chi connectivity index (χ0n) is 15.5. The van der Waals surface area contributed by atoms with E-state index in [1.165, 1.54) is 30.0 Å². The average molecular weight is 415 g/mol. The lowest BCUT2D eigenvalue weighted by atomic mass is 10.1. The van der Waals surface area contributed by atoms with Crippen molar-refractivity contribution in [3.8, 4) is 0 Å². The molecule has 0 unspecified atom stereocenters. The maximum Gasteiger partial charge on any atom is 0.416 e. The van der Waals surface area contributed by atoms with Crippen LogP contribution in [0.5, 0.6) is 0 Å². The zero-order chi connectivity index (χ0) is 20.9. The molecule has 3 aromatic carbocycles. The molecular formula is C23H17F4NS. The van der Waals surface area contributed by atoms with E-state index in [-0.39, 0.29) is 5.82 Å². The van der Waals surface area contributed by atoms with Crippen LogP contribution in [-0.4, -0.2) is 5.71 Å². The molecule has 0 radical (unpaired) electrons. The van der Waals surface area contributed by atoms with Gasteiger partial charge in [-0.1, -0.05) is 41.6 Å². The number of halogens is 4. The van der Waals surface area contributed by atoms with Crippen LogP contribution in [0.2, 0.25) is 0 Å². The zero-order valence-corrected chi connectivity index (χ0v) is 16.3. The molecule has 0 amide bonds. The van der Waals surface area contributed by atoms with Gasteiger partial charge in [0.2, 0.25) is 0 Å². The standard InChI is InChI=1S/C23H17F4NS/c1-16-5-9-20(10-6-16)28-22(13-14-29-21-11-7-19(24)8-12-21)17-3-2-4-18(15-17)23(25,26)27/h2-15H,1H3/b14-13+,28-22?. The van der Waals surface area contributed by atoms with E-state index in [0.29, 0.717) is 17.0 Å². The summed E-state index contributed by atoms with van der Waals surface area (Å²) in [7, 11) is 0. The molecule has 0 heterocycles. The normalized spacial score (nSPS) is 12.5. The molecule has 0 atom stereocenters. The highest BCUT2D eigenvalue weighted by atomic mass is 32.2. The van der Waals surface area contributed by atoms with Gasteiger partial charge in [-0.3, -0.25) is 0 Å². The first-order valence-electron chi connectivity index (χ1n) is 8.73. The molecule has 0 bridgehead atoms. The lowest BCUT2D eigenvalue weighted by molar-refractivity contribution is -0.137. The van der Waals surface area contributed by atoms with Gasteiger partial charge in [0.1, 0.15) is 5.82 Å². The molecule has 0 aliphatic heterocycles. The predicted octanol–water partition coefficient (Wildman–Crippen LogP) is 7.58. The van der Waals surface area contributed by atoms with Gasteiger partial charge < -0.3 is 0 Å². The number of alkyl halides is 3. The third kappa shape index (κ3) is 6.06. The molecule has 148 valence electrons. The minimum absolute atomic E-state index is 0.330. The number of nitrogens with zero attached hydrogens (tertiary/aromatic N) is 1. The molecule has 0 saturated carbocycles. The van der Waals surface area contributed by atoms with E-state index in [2.05, 4.69) is 4.99 Å². The summed E-state index contributed by atoms with van der Waals surface area (Å²) in [5.74, 6) is -0.330. The Morgan fingerprint density at radius 3 is 2.28 bits per heavy atom. The summed E-state index contributed by atoms with van der Waals surface area (Å²) < 4.78 is 52.4. The second kappa shape index (κ2) is 9.09. The van der Waals surface area contributed by atoms with Crippen molar-refractivity contribution in [1.29, 1.82) is 0 Å². The SMILES string of the molecule is Cc1ccc(N=C(/C=C/Sc2ccc(F)cc2)c2cccc(C(F)(F)F)c2)cc1. The number of thioether (sulfide) groups is 1. The number of aliphatic imine (C=N–C) groups is 1. The van der Waals surface area contributed by atoms with Crippen LogP contribution in [0.15, 0.2) is 94.2 Å². The molecule has 0 saturated heterocycles. The summed E-state index contributed by atoms with van der Waals surface area (Å²) in [6.07, 6.45) is -2.78. The molecule has 3 aromatic rings. The quantitative estimate of drug-likeness (QED) is 0.238. The molecule has 0 aliphatic carbocycles. The highest BCUT2D eigenvalue weighted by Crippen LogP contribution is 2.30. The van der Waals surface area contributed by atoms with Gasteiger partial charge in [-0.2, -0.15) is 13.2 Å². The molecule has 6 heteroatoms. The van der Waals surface area contributed by atoms with Crippen LogP contribution in [0.3, 0.4) is 0 Å². The fourth-order valence-electron chi connectivity index (χ4n) is 2.50. The first-order chi connectivity index (χ1) is 13.8. The lowest BCUT2D eigenvalue weighted by Crippen LogP contribution is -2.07. The van der Waals surface area contributed by atoms with Crippen molar-refractivity contribution in [1.82, 2.24) is 0 Å². The van der Waals surface area contributed by atoms with Crippen LogP contribution in [0.25, 0.3) is 0 Å². The number of rotatable bonds is 5. The number of hydrogen-bond acceptors (Lipinski definition) is 2. The summed E-state index contributed by atoms with van der Waals surface area (Å²) in [6, 6.07) is 18.4. The van der Waals surface area contributed by atoms with E-state index < -0.39 is 11.7 Å². The van der Waals surface area contributed by atoms with Crippen molar-refractivity contribution in [2.45, 2.75) is 18.0 Å². The van der Waals surface area contributed by atoms with Crippen molar-refractivity contribution in [3.63, 3.8) is 0 Å². The minimum atomic E-state index is -4.43. The molecule has 1 nitrogen and oxygen atoms in total. The highest BCUT2D eigenvalue weighted by Gasteiger charge is 2.30. The Bertz CT molecular complexity index is 1020. The van der Waals surface area contributed by atoms with Crippen LogP contribution >= 0.6 is 11.8 Å². The summed E-state index contributed by atoms with van der Waals surface area (Å²) in [4.78, 5) is 5.33. The largest absolute Gasteiger partial charge is 0.416 e. The second-order valence-electron chi connectivity index (χ2n) is 6.29. The molecule has 0 aliphatic rings. The molecule has 0 spiro atoms. The second-order valence-corrected chi connectivity index (χ2v) is 7.26. The van der Waals surface area contributed by atoms with Crippen molar-refractivity contribution in [2.75, 3.05) is 0 Å². The van der Waals surface area contributed by atoms with E-state index in [1.54, 1.807) is 29.7 Å². The summed E-state index contributed by atoms with van der Waals surface area (Å²) in [6.45, 7) is 1.94. The van der Waals surface area contributed by atoms with E-state index in [1.807, 2.05) is 31.2 Å². The molecular weight excluding hydrogens is 398 g/mol. The minimum Gasteiger partial charge on any atom is -0.248 e. The Balaban J connectivity index is 1.94. The van der Waals surface area contributed by atoms with Gasteiger partial charge >= 0.3 is 6.18 Å². The van der Waals surface area contributed by atoms with E-state index in [4.69, 9.17) is 0 Å². The lowest BCUT2D eigenvalue weighted by Gasteiger charge is -2.09. The van der Waals surface area contributed by atoms with Gasteiger partial charge in [-0.25, -0.2) is 9.38 Å². The van der Waals surface area contributed by atoms with E-state index in [9.17, 15) is 17.6 Å². The van der Waals surface area contributed by atoms with Crippen LogP contribution < -0.4 is 0 Å². The highest BCUT2D eigenvalue weighted by molar-refractivity contribution is 8.02. The van der Waals surface area contributed by atoms with Gasteiger partial charge in [0.25, 0.3) is 0 Å². The maximum atomic E-state index is 13.1. The van der Waals surface area contributed by atoms with E-state index >= 15 is 0 Å². The van der Waals surface area contributed by atoms with Gasteiger partial charge in [-0.05, 0) is 66.9 Å². The van der Waals surface area contributed by atoms with Crippen LogP contribution in [0.1, 0.15) is 16.7 Å². The number of aryl methyl sites for hydroxylation is 1. The maximum absolute atomic E-state index is 13.1. The Hall–Kier alpha value is -2.86. The van der Waals surface area contributed by atoms with Crippen LogP contribution in [0, 0.1) is 12.7 Å². The van der Waals surface area contributed by atoms with Crippen molar-refractivity contribution < 1.29 is 17.6 Å². The molecule has 3 rings (SSSR count). The first kappa shape index (κ1) is 20.9. The van der Waals surface area contributed by atoms with Crippen molar-refractivity contribution in [2.24, 2.45) is 4.99 Å². The summed E-state index contributed by atoms with van der Waals surface area (Å²) in [5.41, 5.74) is 1.73. The first-order valence-corrected chi connectivity index (χ1v) is 9.61. The third-order valence-corrected chi connectivity index (χ3v) is 4.83. The fraction of sp³-hybridized carbons (Fsp3) is 0.0870. The van der Waals surface area contributed by atoms with E-state index in [0.717, 1.165) is 22.6 Å². The third-order valence-electron chi connectivity index (χ3n) is 4.01. The number of allylic oxidation sites excluding steroid dienone is 1. The Kier molecular flexibility index (Phi) is 6.54. The van der Waals surface area contributed by atoms with Gasteiger partial charge in [0, 0.05) is 10.5 Å². The summed E-state index contributed by atoms with van der Waals surface area (Å²) >= 11 is 1.32. The average Bonchev–Trinajstić information content (AvgIpc) is 2.70. The number of hydrogen-bond donors (Lipinski definition) is 0. The van der Waals surface area contributed by atoms with Crippen LogP contribution in [-0.2, 0) is 6.18 Å². The Labute approximate surface area is 170 Å². The van der Waals surface area contributed by atoms with Gasteiger partial charge in [0.05, 0.1) is 17.0 Å². The smallest absolute Gasteiger partial charge is 0.248 e. The predicted molar refractivity (Wildman–Crippen MR) is 110 cm³/mol. The van der Waals surface area contributed by atoms with Crippen molar-refractivity contribution >= 4 is 23.2 Å². The Morgan fingerprint density at radius 1 is 0.931 bits per heavy atom. The monoisotopic (exact) mass is 415 g/mol.